The molecule has 1 aromatic heterocycles. The van der Waals surface area contributed by atoms with Gasteiger partial charge >= 0.3 is 0 Å². The number of hydrogen-bond donors (Lipinski definition) is 2. The number of fused-ring (bicyclic) bond motifs is 2. The zero-order valence-electron chi connectivity index (χ0n) is 20.1. The number of carbonyl (C=O) groups excluding carboxylic acids is 2. The van der Waals surface area contributed by atoms with E-state index in [-0.39, 0.29) is 24.3 Å². The van der Waals surface area contributed by atoms with E-state index in [4.69, 9.17) is 9.47 Å². The molecule has 1 aliphatic carbocycles. The summed E-state index contributed by atoms with van der Waals surface area (Å²) in [6, 6.07) is 13.7. The lowest BCUT2D eigenvalue weighted by atomic mass is 9.87. The van der Waals surface area contributed by atoms with Crippen LogP contribution < -0.4 is 14.8 Å². The number of aromatic amines is 1. The second kappa shape index (κ2) is 9.82. The Balaban J connectivity index is 1.31. The number of methoxy groups -OCH3 is 2. The molecule has 2 amide bonds. The van der Waals surface area contributed by atoms with Crippen LogP contribution in [0, 0.1) is 0 Å². The molecular weight excluding hydrogens is 444 g/mol. The Morgan fingerprint density at radius 1 is 1.14 bits per heavy atom. The second-order valence-corrected chi connectivity index (χ2v) is 9.07. The van der Waals surface area contributed by atoms with Crippen LogP contribution in [0.4, 0.5) is 0 Å². The molecule has 8 heteroatoms. The van der Waals surface area contributed by atoms with E-state index in [1.807, 2.05) is 18.2 Å². The summed E-state index contributed by atoms with van der Waals surface area (Å²) in [5.41, 5.74) is 5.33. The van der Waals surface area contributed by atoms with Crippen LogP contribution in [0.1, 0.15) is 57.3 Å². The Hall–Kier alpha value is -3.81. The zero-order valence-corrected chi connectivity index (χ0v) is 20.1. The quantitative estimate of drug-likeness (QED) is 0.571. The first-order valence-corrected chi connectivity index (χ1v) is 12.0. The van der Waals surface area contributed by atoms with E-state index in [0.29, 0.717) is 36.7 Å². The molecule has 0 spiro atoms. The van der Waals surface area contributed by atoms with E-state index in [0.717, 1.165) is 36.1 Å². The Morgan fingerprint density at radius 2 is 2.00 bits per heavy atom. The molecule has 0 fully saturated rings. The molecule has 1 aliphatic heterocycles. The van der Waals surface area contributed by atoms with Gasteiger partial charge in [0.25, 0.3) is 5.91 Å². The number of carbonyl (C=O) groups is 2. The number of benzene rings is 2. The number of nitrogens with one attached hydrogen (secondary N) is 2. The van der Waals surface area contributed by atoms with Gasteiger partial charge in [0.1, 0.15) is 11.5 Å². The largest absolute Gasteiger partial charge is 0.497 e. The highest BCUT2D eigenvalue weighted by Crippen LogP contribution is 2.31. The number of H-pyrrole nitrogens is 1. The normalized spacial score (nSPS) is 16.7. The summed E-state index contributed by atoms with van der Waals surface area (Å²) >= 11 is 0. The Labute approximate surface area is 204 Å². The van der Waals surface area contributed by atoms with Gasteiger partial charge in [-0.05, 0) is 48.6 Å². The minimum Gasteiger partial charge on any atom is -0.497 e. The summed E-state index contributed by atoms with van der Waals surface area (Å²) in [6.07, 6.45) is 3.80. The van der Waals surface area contributed by atoms with Crippen molar-refractivity contribution in [2.24, 2.45) is 0 Å². The molecule has 0 radical (unpaired) electrons. The molecule has 2 aliphatic rings. The molecule has 182 valence electrons. The van der Waals surface area contributed by atoms with Gasteiger partial charge in [0.05, 0.1) is 26.7 Å². The molecule has 1 atom stereocenters. The van der Waals surface area contributed by atoms with E-state index in [2.05, 4.69) is 27.6 Å². The van der Waals surface area contributed by atoms with Crippen molar-refractivity contribution in [2.45, 2.75) is 44.7 Å². The predicted molar refractivity (Wildman–Crippen MR) is 131 cm³/mol. The van der Waals surface area contributed by atoms with Crippen molar-refractivity contribution in [2.75, 3.05) is 20.8 Å². The fraction of sp³-hybridized carbons (Fsp3) is 0.370. The highest BCUT2D eigenvalue weighted by atomic mass is 16.5. The summed E-state index contributed by atoms with van der Waals surface area (Å²) in [6.45, 7) is 0.915. The topological polar surface area (TPSA) is 96.6 Å². The lowest BCUT2D eigenvalue weighted by Gasteiger charge is -2.28. The van der Waals surface area contributed by atoms with Crippen molar-refractivity contribution in [3.8, 4) is 11.5 Å². The monoisotopic (exact) mass is 474 g/mol. The molecule has 5 rings (SSSR count). The Bertz CT molecular complexity index is 1250. The molecule has 0 saturated carbocycles. The van der Waals surface area contributed by atoms with Crippen molar-refractivity contribution < 1.29 is 19.1 Å². The molecule has 2 N–H and O–H groups in total. The van der Waals surface area contributed by atoms with Gasteiger partial charge in [0, 0.05) is 36.3 Å². The summed E-state index contributed by atoms with van der Waals surface area (Å²) in [5, 5.41) is 10.5. The third-order valence-electron chi connectivity index (χ3n) is 7.01. The molecule has 2 heterocycles. The van der Waals surface area contributed by atoms with Crippen LogP contribution in [0.3, 0.4) is 0 Å². The van der Waals surface area contributed by atoms with Crippen LogP contribution in [0.25, 0.3) is 0 Å². The van der Waals surface area contributed by atoms with E-state index in [9.17, 15) is 9.59 Å². The lowest BCUT2D eigenvalue weighted by molar-refractivity contribution is -0.131. The first-order chi connectivity index (χ1) is 17.1. The van der Waals surface area contributed by atoms with Crippen molar-refractivity contribution in [1.29, 1.82) is 0 Å². The maximum Gasteiger partial charge on any atom is 0.272 e. The van der Waals surface area contributed by atoms with E-state index in [1.165, 1.54) is 11.1 Å². The van der Waals surface area contributed by atoms with Gasteiger partial charge in [0.15, 0.2) is 5.69 Å². The first kappa shape index (κ1) is 23.0. The van der Waals surface area contributed by atoms with Crippen LogP contribution >= 0.6 is 0 Å². The van der Waals surface area contributed by atoms with E-state index in [1.54, 1.807) is 31.3 Å². The predicted octanol–water partition coefficient (Wildman–Crippen LogP) is 3.36. The van der Waals surface area contributed by atoms with Gasteiger partial charge in [-0.15, -0.1) is 0 Å². The van der Waals surface area contributed by atoms with Crippen LogP contribution in [0.5, 0.6) is 11.5 Å². The summed E-state index contributed by atoms with van der Waals surface area (Å²) in [5.74, 6) is 1.09. The number of aryl methyl sites for hydroxylation is 1. The summed E-state index contributed by atoms with van der Waals surface area (Å²) in [4.78, 5) is 28.2. The van der Waals surface area contributed by atoms with Gasteiger partial charge in [-0.1, -0.05) is 24.3 Å². The standard InChI is InChI=1S/C27H30N4O4/c1-34-19-10-11-24(35-2)18(14-19)15-25(32)31-13-12-23-21(16-31)26(30-29-23)27(33)28-22-9-5-7-17-6-3-4-8-20(17)22/h3-4,6,8,10-11,14,22H,5,7,9,12-13,15-16H2,1-2H3,(H,28,33)(H,29,30)/t22-/m0/s1. The number of rotatable bonds is 6. The highest BCUT2D eigenvalue weighted by Gasteiger charge is 2.30. The smallest absolute Gasteiger partial charge is 0.272 e. The maximum atomic E-state index is 13.2. The molecule has 0 saturated heterocycles. The Morgan fingerprint density at radius 3 is 2.83 bits per heavy atom. The number of nitrogens with zero attached hydrogens (tertiary/aromatic N) is 2. The third kappa shape index (κ3) is 4.60. The molecular formula is C27H30N4O4. The maximum absolute atomic E-state index is 13.2. The molecule has 8 nitrogen and oxygen atoms in total. The van der Waals surface area contributed by atoms with E-state index >= 15 is 0 Å². The SMILES string of the molecule is COc1ccc(OC)c(CC(=O)N2CCc3[nH]nc(C(=O)N[C@H]4CCCc5ccccc54)c3C2)c1. The molecule has 3 aromatic rings. The van der Waals surface area contributed by atoms with Crippen LogP contribution in [0.2, 0.25) is 0 Å². The number of amides is 2. The van der Waals surface area contributed by atoms with Crippen LogP contribution in [-0.4, -0.2) is 47.7 Å². The first-order valence-electron chi connectivity index (χ1n) is 12.0. The molecule has 0 bridgehead atoms. The van der Waals surface area contributed by atoms with Crippen LogP contribution in [-0.2, 0) is 30.6 Å². The third-order valence-corrected chi connectivity index (χ3v) is 7.01. The van der Waals surface area contributed by atoms with Gasteiger partial charge < -0.3 is 19.7 Å². The minimum atomic E-state index is -0.201. The fourth-order valence-corrected chi connectivity index (χ4v) is 5.12. The average Bonchev–Trinajstić information content (AvgIpc) is 3.32. The molecule has 0 unspecified atom stereocenters. The number of ether oxygens (including phenoxy) is 2. The van der Waals surface area contributed by atoms with Gasteiger partial charge in [-0.3, -0.25) is 14.7 Å². The molecule has 35 heavy (non-hydrogen) atoms. The van der Waals surface area contributed by atoms with Crippen LogP contribution in [0.15, 0.2) is 42.5 Å². The van der Waals surface area contributed by atoms with Crippen molar-refractivity contribution in [1.82, 2.24) is 20.4 Å². The van der Waals surface area contributed by atoms with Crippen molar-refractivity contribution in [3.63, 3.8) is 0 Å². The second-order valence-electron chi connectivity index (χ2n) is 9.07. The summed E-state index contributed by atoms with van der Waals surface area (Å²) < 4.78 is 10.7. The minimum absolute atomic E-state index is 0.0262. The van der Waals surface area contributed by atoms with Gasteiger partial charge in [-0.25, -0.2) is 0 Å². The molecule has 2 aromatic carbocycles. The fourth-order valence-electron chi connectivity index (χ4n) is 5.12. The summed E-state index contributed by atoms with van der Waals surface area (Å²) in [7, 11) is 3.18. The van der Waals surface area contributed by atoms with Gasteiger partial charge in [0.2, 0.25) is 5.91 Å². The number of hydrogen-bond acceptors (Lipinski definition) is 5. The Kier molecular flexibility index (Phi) is 6.44. The zero-order chi connectivity index (χ0) is 24.4. The van der Waals surface area contributed by atoms with Gasteiger partial charge in [-0.2, -0.15) is 5.10 Å². The average molecular weight is 475 g/mol. The highest BCUT2D eigenvalue weighted by molar-refractivity contribution is 5.94. The lowest BCUT2D eigenvalue weighted by Crippen LogP contribution is -2.38. The van der Waals surface area contributed by atoms with Crippen molar-refractivity contribution in [3.05, 3.63) is 76.1 Å². The number of aromatic nitrogens is 2. The van der Waals surface area contributed by atoms with Crippen molar-refractivity contribution >= 4 is 11.8 Å². The van der Waals surface area contributed by atoms with E-state index < -0.39 is 0 Å².